The first-order valence-electron chi connectivity index (χ1n) is 9.29. The van der Waals surface area contributed by atoms with Crippen molar-refractivity contribution in [3.63, 3.8) is 0 Å². The van der Waals surface area contributed by atoms with Gasteiger partial charge >= 0.3 is 0 Å². The number of benzene rings is 1. The molecule has 0 radical (unpaired) electrons. The number of aliphatic hydroxyl groups is 1. The van der Waals surface area contributed by atoms with Crippen LogP contribution in [0.3, 0.4) is 0 Å². The van der Waals surface area contributed by atoms with Crippen molar-refractivity contribution in [2.24, 2.45) is 0 Å². The average Bonchev–Trinajstić information content (AvgIpc) is 3.42. The fourth-order valence-corrected chi connectivity index (χ4v) is 3.33. The summed E-state index contributed by atoms with van der Waals surface area (Å²) >= 11 is 0. The second kappa shape index (κ2) is 8.43. The number of rotatable bonds is 8. The minimum absolute atomic E-state index is 0.252. The summed E-state index contributed by atoms with van der Waals surface area (Å²) in [7, 11) is 0. The molecule has 0 aromatic heterocycles. The Kier molecular flexibility index (Phi) is 6.28. The van der Waals surface area contributed by atoms with Crippen molar-refractivity contribution in [1.29, 1.82) is 0 Å². The quantitative estimate of drug-likeness (QED) is 0.794. The maximum absolute atomic E-state index is 10.4. The highest BCUT2D eigenvalue weighted by atomic mass is 16.5. The summed E-state index contributed by atoms with van der Waals surface area (Å²) in [6.07, 6.45) is 4.22. The Morgan fingerprint density at radius 1 is 1.17 bits per heavy atom. The van der Waals surface area contributed by atoms with Crippen LogP contribution in [0.15, 0.2) is 18.2 Å². The van der Waals surface area contributed by atoms with Gasteiger partial charge in [-0.05, 0) is 56.2 Å². The fraction of sp³-hybridized carbons (Fsp3) is 0.700. The zero-order valence-electron chi connectivity index (χ0n) is 15.0. The molecule has 1 atom stereocenters. The van der Waals surface area contributed by atoms with E-state index >= 15 is 0 Å². The highest BCUT2D eigenvalue weighted by Crippen LogP contribution is 2.29. The molecule has 1 unspecified atom stereocenters. The van der Waals surface area contributed by atoms with Gasteiger partial charge < -0.3 is 14.6 Å². The molecule has 4 nitrogen and oxygen atoms in total. The Balaban J connectivity index is 1.48. The van der Waals surface area contributed by atoms with Crippen LogP contribution in [-0.4, -0.2) is 54.6 Å². The molecule has 1 saturated carbocycles. The molecule has 1 heterocycles. The Hall–Kier alpha value is -0.940. The first-order valence-corrected chi connectivity index (χ1v) is 9.29. The van der Waals surface area contributed by atoms with Crippen LogP contribution in [0.2, 0.25) is 0 Å². The molecule has 1 aliphatic heterocycles. The van der Waals surface area contributed by atoms with Crippen LogP contribution in [0.5, 0.6) is 0 Å². The van der Waals surface area contributed by atoms with Crippen LogP contribution in [0.1, 0.15) is 42.4 Å². The van der Waals surface area contributed by atoms with Gasteiger partial charge in [0, 0.05) is 32.3 Å². The summed E-state index contributed by atoms with van der Waals surface area (Å²) in [4.78, 5) is 2.42. The summed E-state index contributed by atoms with van der Waals surface area (Å²) in [5.41, 5.74) is 4.01. The molecule has 24 heavy (non-hydrogen) atoms. The SMILES string of the molecule is Cc1ccc(CN(CC(O)COC2CCOCC2)C2CC2)cc1C. The van der Waals surface area contributed by atoms with Crippen molar-refractivity contribution < 1.29 is 14.6 Å². The zero-order chi connectivity index (χ0) is 16.9. The predicted molar refractivity (Wildman–Crippen MR) is 95.1 cm³/mol. The van der Waals surface area contributed by atoms with Crippen molar-refractivity contribution in [2.45, 2.75) is 64.3 Å². The number of hydrogen-bond acceptors (Lipinski definition) is 4. The third-order valence-electron chi connectivity index (χ3n) is 5.16. The summed E-state index contributed by atoms with van der Waals surface area (Å²) in [6, 6.07) is 7.31. The second-order valence-corrected chi connectivity index (χ2v) is 7.38. The van der Waals surface area contributed by atoms with E-state index in [1.165, 1.54) is 29.5 Å². The summed E-state index contributed by atoms with van der Waals surface area (Å²) < 4.78 is 11.2. The molecule has 1 aromatic carbocycles. The van der Waals surface area contributed by atoms with Crippen LogP contribution in [0.25, 0.3) is 0 Å². The molecule has 1 saturated heterocycles. The Morgan fingerprint density at radius 3 is 2.58 bits per heavy atom. The lowest BCUT2D eigenvalue weighted by Gasteiger charge is -2.27. The summed E-state index contributed by atoms with van der Waals surface area (Å²) in [6.45, 7) is 7.91. The van der Waals surface area contributed by atoms with E-state index in [0.717, 1.165) is 32.6 Å². The van der Waals surface area contributed by atoms with E-state index in [-0.39, 0.29) is 6.10 Å². The molecule has 1 N–H and O–H groups in total. The first kappa shape index (κ1) is 17.9. The first-order chi connectivity index (χ1) is 11.6. The topological polar surface area (TPSA) is 41.9 Å². The normalized spacial score (nSPS) is 20.5. The minimum Gasteiger partial charge on any atom is -0.389 e. The van der Waals surface area contributed by atoms with Crippen molar-refractivity contribution in [3.8, 4) is 0 Å². The van der Waals surface area contributed by atoms with Gasteiger partial charge in [-0.25, -0.2) is 0 Å². The lowest BCUT2D eigenvalue weighted by Crippen LogP contribution is -2.37. The van der Waals surface area contributed by atoms with Crippen LogP contribution in [0, 0.1) is 13.8 Å². The lowest BCUT2D eigenvalue weighted by atomic mass is 10.1. The monoisotopic (exact) mass is 333 g/mol. The van der Waals surface area contributed by atoms with E-state index < -0.39 is 6.10 Å². The predicted octanol–water partition coefficient (Wildman–Crippen LogP) is 2.82. The van der Waals surface area contributed by atoms with Crippen LogP contribution in [-0.2, 0) is 16.0 Å². The molecule has 134 valence electrons. The number of nitrogens with zero attached hydrogens (tertiary/aromatic N) is 1. The van der Waals surface area contributed by atoms with Crippen LogP contribution < -0.4 is 0 Å². The van der Waals surface area contributed by atoms with Gasteiger partial charge in [-0.3, -0.25) is 4.90 Å². The smallest absolute Gasteiger partial charge is 0.0900 e. The van der Waals surface area contributed by atoms with Crippen molar-refractivity contribution >= 4 is 0 Å². The van der Waals surface area contributed by atoms with Crippen molar-refractivity contribution in [2.75, 3.05) is 26.4 Å². The van der Waals surface area contributed by atoms with Gasteiger partial charge in [-0.1, -0.05) is 18.2 Å². The molecule has 2 aliphatic rings. The van der Waals surface area contributed by atoms with E-state index in [1.807, 2.05) is 0 Å². The average molecular weight is 333 g/mol. The van der Waals surface area contributed by atoms with Gasteiger partial charge in [0.25, 0.3) is 0 Å². The van der Waals surface area contributed by atoms with Gasteiger partial charge in [0.05, 0.1) is 18.8 Å². The maximum Gasteiger partial charge on any atom is 0.0900 e. The van der Waals surface area contributed by atoms with E-state index in [4.69, 9.17) is 9.47 Å². The maximum atomic E-state index is 10.4. The Labute approximate surface area is 145 Å². The second-order valence-electron chi connectivity index (χ2n) is 7.38. The zero-order valence-corrected chi connectivity index (χ0v) is 15.0. The molecule has 1 aromatic rings. The molecule has 0 bridgehead atoms. The minimum atomic E-state index is -0.417. The molecular weight excluding hydrogens is 302 g/mol. The Bertz CT molecular complexity index is 524. The standard InChI is InChI=1S/C20H31NO3/c1-15-3-4-17(11-16(15)2)12-21(18-5-6-18)13-19(22)14-24-20-7-9-23-10-8-20/h3-4,11,18-20,22H,5-10,12-14H2,1-2H3. The molecule has 3 rings (SSSR count). The fourth-order valence-electron chi connectivity index (χ4n) is 3.33. The molecule has 2 fully saturated rings. The summed E-state index contributed by atoms with van der Waals surface area (Å²) in [5.74, 6) is 0. The van der Waals surface area contributed by atoms with E-state index in [0.29, 0.717) is 19.2 Å². The number of aliphatic hydroxyl groups excluding tert-OH is 1. The van der Waals surface area contributed by atoms with E-state index in [1.54, 1.807) is 0 Å². The highest BCUT2D eigenvalue weighted by Gasteiger charge is 2.30. The van der Waals surface area contributed by atoms with E-state index in [9.17, 15) is 5.11 Å². The van der Waals surface area contributed by atoms with Gasteiger partial charge in [0.2, 0.25) is 0 Å². The van der Waals surface area contributed by atoms with Crippen molar-refractivity contribution in [1.82, 2.24) is 4.90 Å². The third-order valence-corrected chi connectivity index (χ3v) is 5.16. The van der Waals surface area contributed by atoms with Gasteiger partial charge in [-0.15, -0.1) is 0 Å². The molecule has 4 heteroatoms. The number of aryl methyl sites for hydroxylation is 2. The van der Waals surface area contributed by atoms with Crippen molar-refractivity contribution in [3.05, 3.63) is 34.9 Å². The largest absolute Gasteiger partial charge is 0.389 e. The molecule has 0 amide bonds. The van der Waals surface area contributed by atoms with Gasteiger partial charge in [0.15, 0.2) is 0 Å². The lowest BCUT2D eigenvalue weighted by molar-refractivity contribution is -0.0649. The van der Waals surface area contributed by atoms with Crippen LogP contribution in [0.4, 0.5) is 0 Å². The van der Waals surface area contributed by atoms with Gasteiger partial charge in [0.1, 0.15) is 0 Å². The summed E-state index contributed by atoms with van der Waals surface area (Å²) in [5, 5.41) is 10.4. The molecular formula is C20H31NO3. The van der Waals surface area contributed by atoms with E-state index in [2.05, 4.69) is 36.9 Å². The van der Waals surface area contributed by atoms with Crippen LogP contribution >= 0.6 is 0 Å². The highest BCUT2D eigenvalue weighted by molar-refractivity contribution is 5.30. The van der Waals surface area contributed by atoms with Gasteiger partial charge in [-0.2, -0.15) is 0 Å². The third kappa shape index (κ3) is 5.28. The molecule has 1 aliphatic carbocycles. The molecule has 0 spiro atoms. The number of hydrogen-bond donors (Lipinski definition) is 1. The Morgan fingerprint density at radius 2 is 1.92 bits per heavy atom. The number of ether oxygens (including phenoxy) is 2.